The summed E-state index contributed by atoms with van der Waals surface area (Å²) in [5, 5.41) is 2.71. The Morgan fingerprint density at radius 1 is 1.14 bits per heavy atom. The summed E-state index contributed by atoms with van der Waals surface area (Å²) in [6, 6.07) is 5.71. The van der Waals surface area contributed by atoms with Gasteiger partial charge in [0.1, 0.15) is 12.1 Å². The van der Waals surface area contributed by atoms with Crippen LogP contribution in [0.5, 0.6) is 11.5 Å². The zero-order valence-electron chi connectivity index (χ0n) is 24.9. The molecule has 0 radical (unpaired) electrons. The molecule has 0 bridgehead atoms. The number of aromatic nitrogens is 1. The fourth-order valence-corrected chi connectivity index (χ4v) is 5.37. The number of benzene rings is 1. The Hall–Kier alpha value is -3.83. The topological polar surface area (TPSA) is 113 Å². The van der Waals surface area contributed by atoms with Crippen LogP contribution in [0.4, 0.5) is 13.2 Å². The maximum Gasteiger partial charge on any atom is 0.416 e. The molecular formula is C31H39F3N2O7. The van der Waals surface area contributed by atoms with Crippen LogP contribution in [0.1, 0.15) is 80.9 Å². The summed E-state index contributed by atoms with van der Waals surface area (Å²) in [5.74, 6) is -1.68. The predicted molar refractivity (Wildman–Crippen MR) is 150 cm³/mol. The first-order valence-corrected chi connectivity index (χ1v) is 14.4. The first-order valence-electron chi connectivity index (χ1n) is 14.4. The fraction of sp³-hybridized carbons (Fsp3) is 0.548. The van der Waals surface area contributed by atoms with Crippen molar-refractivity contribution in [3.63, 3.8) is 0 Å². The van der Waals surface area contributed by atoms with Gasteiger partial charge in [0.15, 0.2) is 17.2 Å². The summed E-state index contributed by atoms with van der Waals surface area (Å²) in [7, 11) is 1.38. The molecule has 1 amide bonds. The van der Waals surface area contributed by atoms with Gasteiger partial charge in [-0.15, -0.1) is 0 Å². The van der Waals surface area contributed by atoms with Crippen molar-refractivity contribution in [3.8, 4) is 11.5 Å². The number of nitrogens with zero attached hydrogens (tertiary/aromatic N) is 1. The molecule has 1 N–H and O–H groups in total. The number of rotatable bonds is 11. The molecule has 2 aromatic rings. The molecule has 12 heteroatoms. The highest BCUT2D eigenvalue weighted by Gasteiger charge is 2.35. The van der Waals surface area contributed by atoms with Crippen LogP contribution in [0.15, 0.2) is 36.5 Å². The maximum absolute atomic E-state index is 13.3. The number of cyclic esters (lactones) is 1. The van der Waals surface area contributed by atoms with Crippen molar-refractivity contribution < 1.29 is 46.5 Å². The Labute approximate surface area is 249 Å². The van der Waals surface area contributed by atoms with Crippen molar-refractivity contribution in [2.45, 2.75) is 84.0 Å². The van der Waals surface area contributed by atoms with Crippen molar-refractivity contribution >= 4 is 17.8 Å². The van der Waals surface area contributed by atoms with E-state index in [1.165, 1.54) is 38.4 Å². The number of carbonyl (C=O) groups is 3. The number of carbonyl (C=O) groups excluding carboxylic acids is 3. The van der Waals surface area contributed by atoms with Gasteiger partial charge in [-0.25, -0.2) is 9.78 Å². The lowest BCUT2D eigenvalue weighted by atomic mass is 9.78. The summed E-state index contributed by atoms with van der Waals surface area (Å²) < 4.78 is 60.7. The molecule has 0 spiro atoms. The molecule has 1 aliphatic heterocycles. The van der Waals surface area contributed by atoms with Crippen molar-refractivity contribution in [1.29, 1.82) is 0 Å². The van der Waals surface area contributed by atoms with Gasteiger partial charge in [-0.1, -0.05) is 38.3 Å². The average Bonchev–Trinajstić information content (AvgIpc) is 3.00. The van der Waals surface area contributed by atoms with E-state index in [4.69, 9.17) is 18.9 Å². The third-order valence-corrected chi connectivity index (χ3v) is 7.61. The van der Waals surface area contributed by atoms with Gasteiger partial charge < -0.3 is 24.3 Å². The largest absolute Gasteiger partial charge is 0.493 e. The van der Waals surface area contributed by atoms with E-state index in [0.29, 0.717) is 19.3 Å². The van der Waals surface area contributed by atoms with Gasteiger partial charge in [-0.2, -0.15) is 13.2 Å². The Balaban J connectivity index is 1.79. The second kappa shape index (κ2) is 15.6. The van der Waals surface area contributed by atoms with Gasteiger partial charge in [-0.05, 0) is 62.1 Å². The SMILES string of the molecule is CCCCC1C(Cc2ccc(C(F)(F)F)cc2)CCCC(NC(=O)c2nccc(OC)c2OCOC(C)=O)C(=O)OC1C. The van der Waals surface area contributed by atoms with Crippen molar-refractivity contribution in [2.75, 3.05) is 13.9 Å². The van der Waals surface area contributed by atoms with Crippen LogP contribution in [0.2, 0.25) is 0 Å². The van der Waals surface area contributed by atoms with E-state index in [2.05, 4.69) is 17.2 Å². The molecule has 1 aromatic carbocycles. The molecule has 1 aromatic heterocycles. The van der Waals surface area contributed by atoms with Crippen LogP contribution >= 0.6 is 0 Å². The number of pyridine rings is 1. The standard InChI is InChI=1S/C31H39F3N2O7/c1-5-6-9-24-19(2)43-30(39)25(10-7-8-22(24)17-21-11-13-23(14-12-21)31(32,33)34)36-29(38)27-28(42-18-41-20(3)37)26(40-4)15-16-35-27/h11-16,19,22,24-25H,5-10,17-18H2,1-4H3,(H,36,38). The number of amides is 1. The van der Waals surface area contributed by atoms with Crippen molar-refractivity contribution in [2.24, 2.45) is 11.8 Å². The first-order chi connectivity index (χ1) is 20.4. The van der Waals surface area contributed by atoms with Crippen LogP contribution in [0, 0.1) is 11.8 Å². The van der Waals surface area contributed by atoms with E-state index in [1.807, 2.05) is 6.92 Å². The minimum atomic E-state index is -4.40. The minimum absolute atomic E-state index is 0.0121. The molecule has 0 aliphatic carbocycles. The number of halogens is 3. The summed E-state index contributed by atoms with van der Waals surface area (Å²) in [6.07, 6.45) is 1.21. The normalized spacial score (nSPS) is 21.0. The number of methoxy groups -OCH3 is 1. The number of alkyl halides is 3. The Morgan fingerprint density at radius 3 is 2.49 bits per heavy atom. The van der Waals surface area contributed by atoms with E-state index in [1.54, 1.807) is 0 Å². The molecule has 1 saturated heterocycles. The number of esters is 2. The summed E-state index contributed by atoms with van der Waals surface area (Å²) in [5.41, 5.74) is -0.0691. The monoisotopic (exact) mass is 608 g/mol. The number of ether oxygens (including phenoxy) is 4. The van der Waals surface area contributed by atoms with Crippen molar-refractivity contribution in [1.82, 2.24) is 10.3 Å². The molecule has 9 nitrogen and oxygen atoms in total. The molecule has 2 heterocycles. The minimum Gasteiger partial charge on any atom is -0.493 e. The van der Waals surface area contributed by atoms with Gasteiger partial charge in [0.25, 0.3) is 5.91 Å². The summed E-state index contributed by atoms with van der Waals surface area (Å²) >= 11 is 0. The molecule has 0 saturated carbocycles. The lowest BCUT2D eigenvalue weighted by molar-refractivity contribution is -0.154. The van der Waals surface area contributed by atoms with Gasteiger partial charge in [0.05, 0.1) is 12.7 Å². The second-order valence-electron chi connectivity index (χ2n) is 10.7. The lowest BCUT2D eigenvalue weighted by Gasteiger charge is -2.31. The first kappa shape index (κ1) is 33.7. The van der Waals surface area contributed by atoms with Gasteiger partial charge >= 0.3 is 18.1 Å². The van der Waals surface area contributed by atoms with E-state index < -0.39 is 48.5 Å². The lowest BCUT2D eigenvalue weighted by Crippen LogP contribution is -2.43. The third-order valence-electron chi connectivity index (χ3n) is 7.61. The quantitative estimate of drug-likeness (QED) is 0.248. The molecule has 236 valence electrons. The van der Waals surface area contributed by atoms with E-state index in [0.717, 1.165) is 37.0 Å². The van der Waals surface area contributed by atoms with Crippen LogP contribution in [0.25, 0.3) is 0 Å². The Kier molecular flexibility index (Phi) is 12.2. The predicted octanol–water partition coefficient (Wildman–Crippen LogP) is 5.89. The van der Waals surface area contributed by atoms with Gasteiger partial charge in [-0.3, -0.25) is 9.59 Å². The summed E-state index contributed by atoms with van der Waals surface area (Å²) in [6.45, 7) is 4.63. The molecule has 3 rings (SSSR count). The fourth-order valence-electron chi connectivity index (χ4n) is 5.37. The van der Waals surface area contributed by atoms with Gasteiger partial charge in [0, 0.05) is 19.2 Å². The van der Waals surface area contributed by atoms with E-state index in [-0.39, 0.29) is 35.4 Å². The summed E-state index contributed by atoms with van der Waals surface area (Å²) in [4.78, 5) is 41.9. The third kappa shape index (κ3) is 9.59. The second-order valence-corrected chi connectivity index (χ2v) is 10.7. The zero-order chi connectivity index (χ0) is 31.6. The molecule has 1 fully saturated rings. The highest BCUT2D eigenvalue weighted by molar-refractivity contribution is 5.98. The molecule has 43 heavy (non-hydrogen) atoms. The molecule has 4 unspecified atom stereocenters. The smallest absolute Gasteiger partial charge is 0.416 e. The Morgan fingerprint density at radius 2 is 1.86 bits per heavy atom. The molecule has 1 aliphatic rings. The Bertz CT molecular complexity index is 1240. The van der Waals surface area contributed by atoms with Crippen LogP contribution < -0.4 is 14.8 Å². The molecular weight excluding hydrogens is 569 g/mol. The number of hydrogen-bond donors (Lipinski definition) is 1. The number of nitrogens with one attached hydrogen (secondary N) is 1. The van der Waals surface area contributed by atoms with Crippen LogP contribution in [-0.2, 0) is 31.7 Å². The van der Waals surface area contributed by atoms with Crippen LogP contribution in [-0.4, -0.2) is 48.9 Å². The number of hydrogen-bond acceptors (Lipinski definition) is 8. The average molecular weight is 609 g/mol. The molecule has 4 atom stereocenters. The highest BCUT2D eigenvalue weighted by atomic mass is 19.4. The highest BCUT2D eigenvalue weighted by Crippen LogP contribution is 2.35. The maximum atomic E-state index is 13.3. The number of unbranched alkanes of at least 4 members (excludes halogenated alkanes) is 1. The van der Waals surface area contributed by atoms with E-state index in [9.17, 15) is 27.6 Å². The van der Waals surface area contributed by atoms with Crippen molar-refractivity contribution in [3.05, 3.63) is 53.3 Å². The van der Waals surface area contributed by atoms with E-state index >= 15 is 0 Å². The van der Waals surface area contributed by atoms with Gasteiger partial charge in [0.2, 0.25) is 6.79 Å². The zero-order valence-corrected chi connectivity index (χ0v) is 24.9. The van der Waals surface area contributed by atoms with Crippen LogP contribution in [0.3, 0.4) is 0 Å².